The predicted octanol–water partition coefficient (Wildman–Crippen LogP) is 3.28. The highest BCUT2D eigenvalue weighted by molar-refractivity contribution is 6.42. The first-order valence-corrected chi connectivity index (χ1v) is 7.47. The van der Waals surface area contributed by atoms with Crippen LogP contribution in [-0.2, 0) is 15.1 Å². The standard InChI is InChI=1S/C15H15Cl2N3O3/c1-8-6-12(20-23-8)18-13(21)14(22)19-15(2,3)9-4-5-10(16)11(17)7-9/h4-7H,1-3H3,(H,19,22)(H,18,20,21). The Morgan fingerprint density at radius 2 is 1.83 bits per heavy atom. The summed E-state index contributed by atoms with van der Waals surface area (Å²) in [5.41, 5.74) is -0.104. The SMILES string of the molecule is Cc1cc(NC(=O)C(=O)NC(C)(C)c2ccc(Cl)c(Cl)c2)no1. The largest absolute Gasteiger partial charge is 0.360 e. The number of hydrogen-bond acceptors (Lipinski definition) is 4. The molecule has 0 spiro atoms. The summed E-state index contributed by atoms with van der Waals surface area (Å²) in [5.74, 6) is -0.944. The number of benzene rings is 1. The minimum absolute atomic E-state index is 0.176. The van der Waals surface area contributed by atoms with Crippen LogP contribution in [0.1, 0.15) is 25.2 Å². The van der Waals surface area contributed by atoms with Gasteiger partial charge in [0, 0.05) is 6.07 Å². The fraction of sp³-hybridized carbons (Fsp3) is 0.267. The molecule has 2 amide bonds. The van der Waals surface area contributed by atoms with Crippen LogP contribution in [0.3, 0.4) is 0 Å². The van der Waals surface area contributed by atoms with Gasteiger partial charge in [-0.05, 0) is 38.5 Å². The van der Waals surface area contributed by atoms with Crippen LogP contribution < -0.4 is 10.6 Å². The fourth-order valence-corrected chi connectivity index (χ4v) is 2.19. The molecule has 0 aliphatic heterocycles. The third-order valence-electron chi connectivity index (χ3n) is 3.14. The first kappa shape index (κ1) is 17.3. The van der Waals surface area contributed by atoms with Crippen LogP contribution in [0.2, 0.25) is 10.0 Å². The number of halogens is 2. The third-order valence-corrected chi connectivity index (χ3v) is 3.88. The van der Waals surface area contributed by atoms with Crippen molar-refractivity contribution < 1.29 is 14.1 Å². The molecule has 0 aliphatic carbocycles. The summed E-state index contributed by atoms with van der Waals surface area (Å²) < 4.78 is 4.82. The van der Waals surface area contributed by atoms with Gasteiger partial charge in [0.1, 0.15) is 5.76 Å². The van der Waals surface area contributed by atoms with E-state index in [2.05, 4.69) is 15.8 Å². The van der Waals surface area contributed by atoms with Gasteiger partial charge in [-0.2, -0.15) is 0 Å². The summed E-state index contributed by atoms with van der Waals surface area (Å²) in [6.07, 6.45) is 0. The number of aromatic nitrogens is 1. The number of carbonyl (C=O) groups excluding carboxylic acids is 2. The molecule has 6 nitrogen and oxygen atoms in total. The van der Waals surface area contributed by atoms with Crippen molar-refractivity contribution in [2.75, 3.05) is 5.32 Å². The summed E-state index contributed by atoms with van der Waals surface area (Å²) in [7, 11) is 0. The van der Waals surface area contributed by atoms with Gasteiger partial charge < -0.3 is 9.84 Å². The van der Waals surface area contributed by atoms with E-state index in [1.54, 1.807) is 39.0 Å². The maximum Gasteiger partial charge on any atom is 0.314 e. The summed E-state index contributed by atoms with van der Waals surface area (Å²) >= 11 is 11.9. The van der Waals surface area contributed by atoms with E-state index < -0.39 is 17.4 Å². The van der Waals surface area contributed by atoms with Crippen molar-refractivity contribution in [1.82, 2.24) is 10.5 Å². The first-order chi connectivity index (χ1) is 10.7. The highest BCUT2D eigenvalue weighted by Crippen LogP contribution is 2.28. The van der Waals surface area contributed by atoms with E-state index in [9.17, 15) is 9.59 Å². The summed E-state index contributed by atoms with van der Waals surface area (Å²) in [6.45, 7) is 5.17. The van der Waals surface area contributed by atoms with E-state index in [0.29, 0.717) is 21.4 Å². The van der Waals surface area contributed by atoms with Crippen LogP contribution in [0.4, 0.5) is 5.82 Å². The lowest BCUT2D eigenvalue weighted by Gasteiger charge is -2.26. The molecule has 0 atom stereocenters. The molecule has 0 saturated heterocycles. The van der Waals surface area contributed by atoms with Crippen LogP contribution in [0.5, 0.6) is 0 Å². The van der Waals surface area contributed by atoms with Gasteiger partial charge >= 0.3 is 11.8 Å². The zero-order valence-electron chi connectivity index (χ0n) is 12.7. The zero-order valence-corrected chi connectivity index (χ0v) is 14.2. The number of rotatable bonds is 3. The van der Waals surface area contributed by atoms with Gasteiger partial charge in [0.15, 0.2) is 5.82 Å². The molecule has 8 heteroatoms. The number of anilines is 1. The third kappa shape index (κ3) is 4.24. The molecule has 2 aromatic rings. The fourth-order valence-electron chi connectivity index (χ4n) is 1.90. The Hall–Kier alpha value is -2.05. The van der Waals surface area contributed by atoms with Crippen molar-refractivity contribution in [2.24, 2.45) is 0 Å². The maximum absolute atomic E-state index is 12.1. The summed E-state index contributed by atoms with van der Waals surface area (Å²) in [4.78, 5) is 24.0. The number of nitrogens with zero attached hydrogens (tertiary/aromatic N) is 1. The van der Waals surface area contributed by atoms with Crippen molar-refractivity contribution >= 4 is 40.8 Å². The van der Waals surface area contributed by atoms with Gasteiger partial charge in [-0.25, -0.2) is 0 Å². The highest BCUT2D eigenvalue weighted by Gasteiger charge is 2.27. The molecule has 2 N–H and O–H groups in total. The molecule has 0 fully saturated rings. The molecular weight excluding hydrogens is 341 g/mol. The van der Waals surface area contributed by atoms with E-state index in [-0.39, 0.29) is 5.82 Å². The lowest BCUT2D eigenvalue weighted by molar-refractivity contribution is -0.137. The Morgan fingerprint density at radius 3 is 2.39 bits per heavy atom. The second-order valence-corrected chi connectivity index (χ2v) is 6.30. The van der Waals surface area contributed by atoms with E-state index >= 15 is 0 Å². The first-order valence-electron chi connectivity index (χ1n) is 6.71. The van der Waals surface area contributed by atoms with Gasteiger partial charge in [0.2, 0.25) is 0 Å². The number of aryl methyl sites for hydroxylation is 1. The smallest absolute Gasteiger partial charge is 0.314 e. The van der Waals surface area contributed by atoms with Crippen molar-refractivity contribution in [3.05, 3.63) is 45.6 Å². The quantitative estimate of drug-likeness (QED) is 0.827. The Kier molecular flexibility index (Phi) is 4.97. The van der Waals surface area contributed by atoms with Crippen LogP contribution in [0.25, 0.3) is 0 Å². The van der Waals surface area contributed by atoms with Crippen molar-refractivity contribution in [2.45, 2.75) is 26.3 Å². The Balaban J connectivity index is 2.07. The van der Waals surface area contributed by atoms with Gasteiger partial charge in [-0.1, -0.05) is 34.4 Å². The molecule has 23 heavy (non-hydrogen) atoms. The van der Waals surface area contributed by atoms with Crippen LogP contribution in [0.15, 0.2) is 28.8 Å². The molecule has 1 aromatic carbocycles. The average Bonchev–Trinajstić information content (AvgIpc) is 2.86. The molecule has 0 aliphatic rings. The van der Waals surface area contributed by atoms with Crippen LogP contribution >= 0.6 is 23.2 Å². The topological polar surface area (TPSA) is 84.2 Å². The summed E-state index contributed by atoms with van der Waals surface area (Å²) in [5, 5.41) is 9.37. The predicted molar refractivity (Wildman–Crippen MR) is 87.5 cm³/mol. The van der Waals surface area contributed by atoms with E-state index in [1.807, 2.05) is 0 Å². The normalized spacial score (nSPS) is 11.2. The molecule has 2 rings (SSSR count). The molecule has 0 bridgehead atoms. The van der Waals surface area contributed by atoms with Crippen molar-refractivity contribution in [1.29, 1.82) is 0 Å². The number of nitrogens with one attached hydrogen (secondary N) is 2. The average molecular weight is 356 g/mol. The molecule has 1 aromatic heterocycles. The van der Waals surface area contributed by atoms with E-state index in [4.69, 9.17) is 27.7 Å². The Labute approximate surface area is 143 Å². The minimum Gasteiger partial charge on any atom is -0.360 e. The Bertz CT molecular complexity index is 756. The number of hydrogen-bond donors (Lipinski definition) is 2. The second kappa shape index (κ2) is 6.60. The number of amides is 2. The van der Waals surface area contributed by atoms with Crippen molar-refractivity contribution in [3.8, 4) is 0 Å². The molecular formula is C15H15Cl2N3O3. The van der Waals surface area contributed by atoms with Gasteiger partial charge in [0.05, 0.1) is 15.6 Å². The number of carbonyl (C=O) groups is 2. The van der Waals surface area contributed by atoms with Crippen LogP contribution in [-0.4, -0.2) is 17.0 Å². The lowest BCUT2D eigenvalue weighted by atomic mass is 9.94. The summed E-state index contributed by atoms with van der Waals surface area (Å²) in [6, 6.07) is 6.51. The lowest BCUT2D eigenvalue weighted by Crippen LogP contribution is -2.46. The molecule has 0 unspecified atom stereocenters. The maximum atomic E-state index is 12.1. The molecule has 0 saturated carbocycles. The molecule has 1 heterocycles. The van der Waals surface area contributed by atoms with E-state index in [0.717, 1.165) is 0 Å². The van der Waals surface area contributed by atoms with Crippen LogP contribution in [0, 0.1) is 6.92 Å². The Morgan fingerprint density at radius 1 is 1.13 bits per heavy atom. The molecule has 122 valence electrons. The molecule has 0 radical (unpaired) electrons. The van der Waals surface area contributed by atoms with Gasteiger partial charge in [0.25, 0.3) is 0 Å². The minimum atomic E-state index is -0.841. The zero-order chi connectivity index (χ0) is 17.2. The monoisotopic (exact) mass is 355 g/mol. The van der Waals surface area contributed by atoms with Gasteiger partial charge in [-0.15, -0.1) is 0 Å². The second-order valence-electron chi connectivity index (χ2n) is 5.48. The van der Waals surface area contributed by atoms with Crippen molar-refractivity contribution in [3.63, 3.8) is 0 Å². The highest BCUT2D eigenvalue weighted by atomic mass is 35.5. The van der Waals surface area contributed by atoms with E-state index in [1.165, 1.54) is 6.07 Å². The van der Waals surface area contributed by atoms with Gasteiger partial charge in [-0.3, -0.25) is 14.9 Å².